The van der Waals surface area contributed by atoms with Crippen LogP contribution in [0.2, 0.25) is 0 Å². The molecule has 5 rings (SSSR count). The molecule has 4 aromatic rings. The van der Waals surface area contributed by atoms with Crippen molar-refractivity contribution in [3.8, 4) is 0 Å². The molecule has 2 nitrogen and oxygen atoms in total. The van der Waals surface area contributed by atoms with Gasteiger partial charge in [0.15, 0.2) is 0 Å². The molecule has 0 atom stereocenters. The van der Waals surface area contributed by atoms with E-state index in [-0.39, 0.29) is 6.17 Å². The van der Waals surface area contributed by atoms with E-state index in [9.17, 15) is 0 Å². The maximum Gasteiger partial charge on any atom is 0.129 e. The van der Waals surface area contributed by atoms with Gasteiger partial charge in [-0.15, -0.1) is 0 Å². The van der Waals surface area contributed by atoms with Gasteiger partial charge >= 0.3 is 0 Å². The van der Waals surface area contributed by atoms with Gasteiger partial charge in [-0.05, 0) is 41.0 Å². The lowest BCUT2D eigenvalue weighted by atomic mass is 10.1. The number of benzene rings is 4. The third kappa shape index (κ3) is 3.50. The Morgan fingerprint density at radius 2 is 0.828 bits per heavy atom. The van der Waals surface area contributed by atoms with Gasteiger partial charge < -0.3 is 9.80 Å². The molecule has 0 bridgehead atoms. The van der Waals surface area contributed by atoms with Crippen molar-refractivity contribution in [1.29, 1.82) is 0 Å². The summed E-state index contributed by atoms with van der Waals surface area (Å²) >= 11 is 0. The van der Waals surface area contributed by atoms with E-state index in [1.54, 1.807) is 0 Å². The lowest BCUT2D eigenvalue weighted by Crippen LogP contribution is -2.39. The summed E-state index contributed by atoms with van der Waals surface area (Å²) < 4.78 is 0. The number of para-hydroxylation sites is 2. The summed E-state index contributed by atoms with van der Waals surface area (Å²) in [6.07, 6.45) is 0.105. The van der Waals surface area contributed by atoms with Crippen molar-refractivity contribution in [2.24, 2.45) is 0 Å². The second kappa shape index (κ2) is 7.84. The minimum atomic E-state index is 0.105. The van der Waals surface area contributed by atoms with E-state index in [2.05, 4.69) is 125 Å². The molecular weight excluding hydrogens is 352 g/mol. The summed E-state index contributed by atoms with van der Waals surface area (Å²) in [6.45, 7) is 1.76. The summed E-state index contributed by atoms with van der Waals surface area (Å²) in [6, 6.07) is 41.2. The fourth-order valence-electron chi connectivity index (χ4n) is 4.26. The first kappa shape index (κ1) is 17.6. The fourth-order valence-corrected chi connectivity index (χ4v) is 4.26. The third-order valence-electron chi connectivity index (χ3n) is 5.66. The van der Waals surface area contributed by atoms with E-state index in [1.807, 2.05) is 0 Å². The molecule has 0 saturated carbocycles. The number of hydrogen-bond acceptors (Lipinski definition) is 2. The molecule has 0 spiro atoms. The monoisotopic (exact) mass is 376 g/mol. The Morgan fingerprint density at radius 3 is 1.28 bits per heavy atom. The molecule has 2 heteroatoms. The van der Waals surface area contributed by atoms with Crippen LogP contribution in [-0.4, -0.2) is 0 Å². The Hall–Kier alpha value is -3.52. The molecule has 4 aromatic carbocycles. The molecule has 1 heterocycles. The summed E-state index contributed by atoms with van der Waals surface area (Å²) in [7, 11) is 0. The van der Waals surface area contributed by atoms with Crippen LogP contribution in [0.15, 0.2) is 115 Å². The highest BCUT2D eigenvalue weighted by atomic mass is 15.4. The van der Waals surface area contributed by atoms with Gasteiger partial charge in [-0.3, -0.25) is 0 Å². The molecule has 142 valence electrons. The van der Waals surface area contributed by atoms with Crippen LogP contribution in [0.1, 0.15) is 22.9 Å². The van der Waals surface area contributed by atoms with Crippen LogP contribution in [0.3, 0.4) is 0 Å². The summed E-state index contributed by atoms with van der Waals surface area (Å²) in [4.78, 5) is 5.04. The average molecular weight is 377 g/mol. The van der Waals surface area contributed by atoms with E-state index in [0.29, 0.717) is 0 Å². The standard InChI is InChI=1S/C27H24N2/c1-4-12-22(13-5-1)27-28(25-16-6-2-7-17-25)20-23-14-10-11-15-24(23)21-29(27)26-18-8-3-9-19-26/h1-19,27H,20-21H2. The molecule has 0 aliphatic carbocycles. The Balaban J connectivity index is 1.72. The number of hydrogen-bond donors (Lipinski definition) is 0. The van der Waals surface area contributed by atoms with Gasteiger partial charge in [-0.1, -0.05) is 91.0 Å². The van der Waals surface area contributed by atoms with E-state index >= 15 is 0 Å². The largest absolute Gasteiger partial charge is 0.343 e. The lowest BCUT2D eigenvalue weighted by molar-refractivity contribution is 0.589. The zero-order valence-electron chi connectivity index (χ0n) is 16.4. The molecule has 0 saturated heterocycles. The number of rotatable bonds is 3. The van der Waals surface area contributed by atoms with Gasteiger partial charge in [0, 0.05) is 24.5 Å². The van der Waals surface area contributed by atoms with Gasteiger partial charge in [0.25, 0.3) is 0 Å². The fraction of sp³-hybridized carbons (Fsp3) is 0.111. The molecule has 0 unspecified atom stereocenters. The van der Waals surface area contributed by atoms with Crippen molar-refractivity contribution >= 4 is 11.4 Å². The van der Waals surface area contributed by atoms with Crippen LogP contribution >= 0.6 is 0 Å². The van der Waals surface area contributed by atoms with Crippen molar-refractivity contribution in [2.75, 3.05) is 9.80 Å². The second-order valence-corrected chi connectivity index (χ2v) is 7.48. The van der Waals surface area contributed by atoms with Crippen LogP contribution in [0.25, 0.3) is 0 Å². The predicted molar refractivity (Wildman–Crippen MR) is 121 cm³/mol. The van der Waals surface area contributed by atoms with E-state index in [4.69, 9.17) is 0 Å². The zero-order valence-corrected chi connectivity index (χ0v) is 16.4. The Bertz CT molecular complexity index is 993. The van der Waals surface area contributed by atoms with Crippen molar-refractivity contribution in [3.05, 3.63) is 132 Å². The second-order valence-electron chi connectivity index (χ2n) is 7.48. The maximum absolute atomic E-state index is 2.52. The quantitative estimate of drug-likeness (QED) is 0.407. The molecule has 1 aliphatic rings. The SMILES string of the molecule is c1ccc(C2N(c3ccccc3)Cc3ccccc3CN2c2ccccc2)cc1. The molecule has 0 amide bonds. The highest BCUT2D eigenvalue weighted by Crippen LogP contribution is 2.39. The minimum Gasteiger partial charge on any atom is -0.343 e. The lowest BCUT2D eigenvalue weighted by Gasteiger charge is -2.40. The summed E-state index contributed by atoms with van der Waals surface area (Å²) in [5, 5.41) is 0. The molecule has 29 heavy (non-hydrogen) atoms. The van der Waals surface area contributed by atoms with E-state index in [1.165, 1.54) is 28.1 Å². The maximum atomic E-state index is 2.52. The van der Waals surface area contributed by atoms with Crippen LogP contribution in [0, 0.1) is 0 Å². The average Bonchev–Trinajstić information content (AvgIpc) is 2.98. The van der Waals surface area contributed by atoms with Gasteiger partial charge in [0.05, 0.1) is 0 Å². The Labute approximate surface area is 172 Å². The smallest absolute Gasteiger partial charge is 0.129 e. The third-order valence-corrected chi connectivity index (χ3v) is 5.66. The predicted octanol–water partition coefficient (Wildman–Crippen LogP) is 6.41. The van der Waals surface area contributed by atoms with Gasteiger partial charge in [0.2, 0.25) is 0 Å². The first-order valence-electron chi connectivity index (χ1n) is 10.2. The number of nitrogens with zero attached hydrogens (tertiary/aromatic N) is 2. The number of anilines is 2. The van der Waals surface area contributed by atoms with Crippen LogP contribution < -0.4 is 9.80 Å². The minimum absolute atomic E-state index is 0.105. The van der Waals surface area contributed by atoms with E-state index < -0.39 is 0 Å². The molecule has 0 radical (unpaired) electrons. The van der Waals surface area contributed by atoms with Crippen LogP contribution in [-0.2, 0) is 13.1 Å². The van der Waals surface area contributed by atoms with Gasteiger partial charge in [-0.25, -0.2) is 0 Å². The molecule has 0 fully saturated rings. The molecule has 0 aromatic heterocycles. The van der Waals surface area contributed by atoms with Gasteiger partial charge in [0.1, 0.15) is 6.17 Å². The van der Waals surface area contributed by atoms with E-state index in [0.717, 1.165) is 13.1 Å². The van der Waals surface area contributed by atoms with Crippen LogP contribution in [0.5, 0.6) is 0 Å². The van der Waals surface area contributed by atoms with Crippen molar-refractivity contribution in [3.63, 3.8) is 0 Å². The normalized spacial score (nSPS) is 14.3. The van der Waals surface area contributed by atoms with Crippen LogP contribution in [0.4, 0.5) is 11.4 Å². The molecular formula is C27H24N2. The number of fused-ring (bicyclic) bond motifs is 1. The van der Waals surface area contributed by atoms with Crippen molar-refractivity contribution in [1.82, 2.24) is 0 Å². The highest BCUT2D eigenvalue weighted by molar-refractivity contribution is 5.58. The Kier molecular flexibility index (Phi) is 4.75. The molecule has 1 aliphatic heterocycles. The first-order valence-corrected chi connectivity index (χ1v) is 10.2. The van der Waals surface area contributed by atoms with Crippen molar-refractivity contribution < 1.29 is 0 Å². The Morgan fingerprint density at radius 1 is 0.448 bits per heavy atom. The summed E-state index contributed by atoms with van der Waals surface area (Å²) in [5.74, 6) is 0. The molecule has 0 N–H and O–H groups in total. The first-order chi connectivity index (χ1) is 14.4. The van der Waals surface area contributed by atoms with Gasteiger partial charge in [-0.2, -0.15) is 0 Å². The zero-order chi connectivity index (χ0) is 19.5. The summed E-state index contributed by atoms with van der Waals surface area (Å²) in [5.41, 5.74) is 6.54. The van der Waals surface area contributed by atoms with Crippen molar-refractivity contribution in [2.45, 2.75) is 19.3 Å². The highest BCUT2D eigenvalue weighted by Gasteiger charge is 2.31. The topological polar surface area (TPSA) is 6.48 Å².